The van der Waals surface area contributed by atoms with E-state index in [9.17, 15) is 4.79 Å². The van der Waals surface area contributed by atoms with Crippen molar-refractivity contribution in [1.82, 2.24) is 5.32 Å². The predicted octanol–water partition coefficient (Wildman–Crippen LogP) is 3.98. The Bertz CT molecular complexity index is 841. The van der Waals surface area contributed by atoms with E-state index >= 15 is 0 Å². The molecule has 1 atom stereocenters. The average molecular weight is 339 g/mol. The molecule has 4 rings (SSSR count). The van der Waals surface area contributed by atoms with Crippen molar-refractivity contribution >= 4 is 29.3 Å². The lowest BCUT2D eigenvalue weighted by Crippen LogP contribution is -2.58. The van der Waals surface area contributed by atoms with Crippen LogP contribution >= 0.6 is 11.6 Å². The standard InChI is InChI=1S/C20H19ClN2O/c1-19(2)16-5-3-4-6-17(16)23-13-18(24)22-20(19,23)12-11-14-7-9-15(21)10-8-14/h3-12H,13H2,1-2H3,(H,22,24)/b12-11+/t20-/m1/s1. The summed E-state index contributed by atoms with van der Waals surface area (Å²) < 4.78 is 0. The van der Waals surface area contributed by atoms with Gasteiger partial charge in [0.1, 0.15) is 5.66 Å². The summed E-state index contributed by atoms with van der Waals surface area (Å²) in [5.74, 6) is 0.0540. The molecule has 1 saturated heterocycles. The van der Waals surface area contributed by atoms with Crippen LogP contribution in [0.15, 0.2) is 54.6 Å². The Balaban J connectivity index is 1.82. The number of nitrogens with zero attached hydrogens (tertiary/aromatic N) is 1. The summed E-state index contributed by atoms with van der Waals surface area (Å²) in [4.78, 5) is 14.4. The summed E-state index contributed by atoms with van der Waals surface area (Å²) in [5.41, 5.74) is 2.65. The molecule has 1 amide bonds. The fourth-order valence-electron chi connectivity index (χ4n) is 3.93. The molecule has 0 saturated carbocycles. The molecular formula is C20H19ClN2O. The number of carbonyl (C=O) groups excluding carboxylic acids is 1. The Morgan fingerprint density at radius 3 is 2.58 bits per heavy atom. The zero-order chi connectivity index (χ0) is 16.9. The van der Waals surface area contributed by atoms with E-state index in [1.807, 2.05) is 30.3 Å². The molecule has 2 aromatic carbocycles. The highest BCUT2D eigenvalue weighted by molar-refractivity contribution is 6.30. The number of hydrogen-bond donors (Lipinski definition) is 1. The normalized spacial score (nSPS) is 24.1. The van der Waals surface area contributed by atoms with E-state index in [4.69, 9.17) is 11.6 Å². The number of halogens is 1. The Morgan fingerprint density at radius 1 is 1.12 bits per heavy atom. The van der Waals surface area contributed by atoms with Crippen LogP contribution in [0.3, 0.4) is 0 Å². The minimum atomic E-state index is -0.548. The summed E-state index contributed by atoms with van der Waals surface area (Å²) in [5, 5.41) is 3.94. The molecule has 2 aromatic rings. The van der Waals surface area contributed by atoms with E-state index in [2.05, 4.69) is 54.4 Å². The summed E-state index contributed by atoms with van der Waals surface area (Å²) in [6.07, 6.45) is 4.17. The first-order chi connectivity index (χ1) is 11.4. The third-order valence-corrected chi connectivity index (χ3v) is 5.52. The van der Waals surface area contributed by atoms with Gasteiger partial charge in [-0.05, 0) is 35.4 Å². The summed E-state index contributed by atoms with van der Waals surface area (Å²) in [6, 6.07) is 16.0. The topological polar surface area (TPSA) is 32.3 Å². The number of benzene rings is 2. The zero-order valence-corrected chi connectivity index (χ0v) is 14.5. The van der Waals surface area contributed by atoms with E-state index in [1.54, 1.807) is 0 Å². The molecule has 3 nitrogen and oxygen atoms in total. The van der Waals surface area contributed by atoms with Crippen LogP contribution in [-0.2, 0) is 10.2 Å². The van der Waals surface area contributed by atoms with Crippen molar-refractivity contribution in [2.24, 2.45) is 0 Å². The molecule has 0 aromatic heterocycles. The highest BCUT2D eigenvalue weighted by atomic mass is 35.5. The van der Waals surface area contributed by atoms with Crippen molar-refractivity contribution in [3.63, 3.8) is 0 Å². The Hall–Kier alpha value is -2.26. The minimum Gasteiger partial charge on any atom is -0.335 e. The molecule has 0 radical (unpaired) electrons. The maximum atomic E-state index is 12.2. The number of amides is 1. The van der Waals surface area contributed by atoms with Gasteiger partial charge in [0.2, 0.25) is 5.91 Å². The van der Waals surface area contributed by atoms with E-state index in [0.29, 0.717) is 6.54 Å². The molecule has 0 aliphatic carbocycles. The number of nitrogens with one attached hydrogen (secondary N) is 1. The first-order valence-corrected chi connectivity index (χ1v) is 8.45. The summed E-state index contributed by atoms with van der Waals surface area (Å²) in [7, 11) is 0. The second kappa shape index (κ2) is 5.12. The molecule has 24 heavy (non-hydrogen) atoms. The highest BCUT2D eigenvalue weighted by Gasteiger charge is 2.59. The molecule has 2 aliphatic rings. The van der Waals surface area contributed by atoms with Crippen LogP contribution < -0.4 is 10.2 Å². The van der Waals surface area contributed by atoms with Gasteiger partial charge in [0.25, 0.3) is 0 Å². The quantitative estimate of drug-likeness (QED) is 0.898. The Labute approximate surface area is 146 Å². The number of fused-ring (bicyclic) bond motifs is 3. The molecule has 0 spiro atoms. The van der Waals surface area contributed by atoms with Gasteiger partial charge in [-0.15, -0.1) is 0 Å². The van der Waals surface area contributed by atoms with Gasteiger partial charge in [0, 0.05) is 16.1 Å². The second-order valence-corrected chi connectivity index (χ2v) is 7.36. The first kappa shape index (κ1) is 15.3. The minimum absolute atomic E-state index is 0.0540. The first-order valence-electron chi connectivity index (χ1n) is 8.07. The van der Waals surface area contributed by atoms with Gasteiger partial charge in [-0.1, -0.05) is 61.9 Å². The fourth-order valence-corrected chi connectivity index (χ4v) is 4.06. The molecule has 4 heteroatoms. The lowest BCUT2D eigenvalue weighted by molar-refractivity contribution is -0.118. The third-order valence-electron chi connectivity index (χ3n) is 5.27. The molecule has 0 unspecified atom stereocenters. The second-order valence-electron chi connectivity index (χ2n) is 6.93. The lowest BCUT2D eigenvalue weighted by atomic mass is 9.75. The van der Waals surface area contributed by atoms with Crippen LogP contribution in [0.1, 0.15) is 25.0 Å². The maximum Gasteiger partial charge on any atom is 0.241 e. The lowest BCUT2D eigenvalue weighted by Gasteiger charge is -2.40. The van der Waals surface area contributed by atoms with E-state index in [-0.39, 0.29) is 11.3 Å². The molecule has 2 heterocycles. The Kier molecular flexibility index (Phi) is 3.26. The number of hydrogen-bond acceptors (Lipinski definition) is 2. The van der Waals surface area contributed by atoms with Crippen molar-refractivity contribution in [1.29, 1.82) is 0 Å². The molecule has 0 bridgehead atoms. The summed E-state index contributed by atoms with van der Waals surface area (Å²) in [6.45, 7) is 4.75. The largest absolute Gasteiger partial charge is 0.335 e. The van der Waals surface area contributed by atoms with Gasteiger partial charge in [-0.2, -0.15) is 0 Å². The maximum absolute atomic E-state index is 12.2. The van der Waals surface area contributed by atoms with Crippen LogP contribution in [0.25, 0.3) is 6.08 Å². The van der Waals surface area contributed by atoms with Crippen LogP contribution in [0.5, 0.6) is 0 Å². The van der Waals surface area contributed by atoms with Gasteiger partial charge >= 0.3 is 0 Å². The van der Waals surface area contributed by atoms with Gasteiger partial charge in [0.15, 0.2) is 0 Å². The third kappa shape index (κ3) is 2.01. The van der Waals surface area contributed by atoms with Crippen LogP contribution in [0.4, 0.5) is 5.69 Å². The van der Waals surface area contributed by atoms with Gasteiger partial charge in [-0.3, -0.25) is 4.79 Å². The van der Waals surface area contributed by atoms with Crippen molar-refractivity contribution in [2.45, 2.75) is 24.9 Å². The number of para-hydroxylation sites is 1. The van der Waals surface area contributed by atoms with E-state index in [0.717, 1.165) is 16.3 Å². The van der Waals surface area contributed by atoms with Crippen molar-refractivity contribution in [3.8, 4) is 0 Å². The van der Waals surface area contributed by atoms with Crippen LogP contribution in [0, 0.1) is 0 Å². The van der Waals surface area contributed by atoms with Crippen molar-refractivity contribution in [3.05, 3.63) is 70.8 Å². The monoisotopic (exact) mass is 338 g/mol. The number of anilines is 1. The smallest absolute Gasteiger partial charge is 0.241 e. The van der Waals surface area contributed by atoms with Crippen molar-refractivity contribution < 1.29 is 4.79 Å². The van der Waals surface area contributed by atoms with E-state index < -0.39 is 5.66 Å². The van der Waals surface area contributed by atoms with Crippen LogP contribution in [0.2, 0.25) is 5.02 Å². The van der Waals surface area contributed by atoms with E-state index in [1.165, 1.54) is 5.56 Å². The summed E-state index contributed by atoms with van der Waals surface area (Å²) >= 11 is 5.96. The van der Waals surface area contributed by atoms with Crippen molar-refractivity contribution in [2.75, 3.05) is 11.4 Å². The average Bonchev–Trinajstić information content (AvgIpc) is 2.99. The van der Waals surface area contributed by atoms with Crippen LogP contribution in [-0.4, -0.2) is 18.1 Å². The SMILES string of the molecule is CC1(C)c2ccccc2N2CC(=O)N[C@]21/C=C/c1ccc(Cl)cc1. The van der Waals surface area contributed by atoms with Gasteiger partial charge in [0.05, 0.1) is 6.54 Å². The van der Waals surface area contributed by atoms with Gasteiger partial charge in [-0.25, -0.2) is 0 Å². The molecule has 1 fully saturated rings. The predicted molar refractivity (Wildman–Crippen MR) is 98.2 cm³/mol. The highest BCUT2D eigenvalue weighted by Crippen LogP contribution is 2.52. The molecule has 2 aliphatic heterocycles. The fraction of sp³-hybridized carbons (Fsp3) is 0.250. The Morgan fingerprint density at radius 2 is 1.83 bits per heavy atom. The molecule has 122 valence electrons. The number of rotatable bonds is 2. The zero-order valence-electron chi connectivity index (χ0n) is 13.7. The molecular weight excluding hydrogens is 320 g/mol. The van der Waals surface area contributed by atoms with Gasteiger partial charge < -0.3 is 10.2 Å². The molecule has 1 N–H and O–H groups in total. The number of carbonyl (C=O) groups is 1.